The van der Waals surface area contributed by atoms with Crippen LogP contribution in [-0.4, -0.2) is 15.0 Å². The van der Waals surface area contributed by atoms with Gasteiger partial charge in [-0.05, 0) is 94.0 Å². The van der Waals surface area contributed by atoms with Crippen molar-refractivity contribution in [3.63, 3.8) is 0 Å². The van der Waals surface area contributed by atoms with Crippen LogP contribution in [0, 0.1) is 11.6 Å². The fourth-order valence-electron chi connectivity index (χ4n) is 5.16. The van der Waals surface area contributed by atoms with Gasteiger partial charge in [0.05, 0.1) is 0 Å². The molecule has 1 aromatic heterocycles. The van der Waals surface area contributed by atoms with E-state index in [4.69, 9.17) is 9.97 Å². The molecule has 0 fully saturated rings. The lowest BCUT2D eigenvalue weighted by molar-refractivity contribution is 0.627. The van der Waals surface area contributed by atoms with Gasteiger partial charge in [-0.1, -0.05) is 91.0 Å². The van der Waals surface area contributed by atoms with Crippen molar-refractivity contribution >= 4 is 0 Å². The van der Waals surface area contributed by atoms with E-state index in [1.54, 1.807) is 24.3 Å². The summed E-state index contributed by atoms with van der Waals surface area (Å²) in [6.45, 7) is 0. The maximum Gasteiger partial charge on any atom is 0.164 e. The van der Waals surface area contributed by atoms with Crippen LogP contribution >= 0.6 is 0 Å². The lowest BCUT2D eigenvalue weighted by Gasteiger charge is -2.10. The summed E-state index contributed by atoms with van der Waals surface area (Å²) in [5.41, 5.74) is 8.90. The quantitative estimate of drug-likeness (QED) is 0.199. The van der Waals surface area contributed by atoms with Crippen LogP contribution in [0.25, 0.3) is 67.5 Å². The van der Waals surface area contributed by atoms with Crippen LogP contribution < -0.4 is 0 Å². The zero-order valence-electron chi connectivity index (χ0n) is 23.5. The van der Waals surface area contributed by atoms with Gasteiger partial charge in [0, 0.05) is 16.7 Å². The lowest BCUT2D eigenvalue weighted by Crippen LogP contribution is -2.00. The second-order valence-electron chi connectivity index (χ2n) is 10.4. The number of halogens is 2. The SMILES string of the molecule is Fc1ccc(-c2nc(-c3ccc(F)cc3)nc(-c3ccc(-c4cccc(-c5cccc(-c6ccccc6)c5)c4)cc3)n2)cc1. The molecular formula is C39H25F2N3. The smallest absolute Gasteiger partial charge is 0.164 e. The number of hydrogen-bond acceptors (Lipinski definition) is 3. The summed E-state index contributed by atoms with van der Waals surface area (Å²) in [6.07, 6.45) is 0. The standard InChI is InChI=1S/C39H25F2N3/c40-35-20-16-29(17-21-35)38-42-37(43-39(44-38)30-18-22-36(41)23-19-30)28-14-12-27(13-15-28)32-9-5-11-34(25-32)33-10-4-8-31(24-33)26-6-2-1-3-7-26/h1-25H. The third kappa shape index (κ3) is 5.76. The molecule has 0 radical (unpaired) electrons. The van der Waals surface area contributed by atoms with E-state index in [1.807, 2.05) is 30.3 Å². The van der Waals surface area contributed by atoms with Crippen molar-refractivity contribution < 1.29 is 8.78 Å². The first-order chi connectivity index (χ1) is 21.6. The fraction of sp³-hybridized carbons (Fsp3) is 0. The molecule has 0 unspecified atom stereocenters. The second-order valence-corrected chi connectivity index (χ2v) is 10.4. The average Bonchev–Trinajstić information content (AvgIpc) is 3.09. The first kappa shape index (κ1) is 27.0. The van der Waals surface area contributed by atoms with Gasteiger partial charge in [0.15, 0.2) is 17.5 Å². The van der Waals surface area contributed by atoms with Crippen molar-refractivity contribution in [3.8, 4) is 67.5 Å². The summed E-state index contributed by atoms with van der Waals surface area (Å²) in [4.78, 5) is 14.1. The molecule has 0 amide bonds. The zero-order valence-corrected chi connectivity index (χ0v) is 23.5. The Kier molecular flexibility index (Phi) is 7.27. The Bertz CT molecular complexity index is 1990. The normalized spacial score (nSPS) is 11.0. The molecule has 5 heteroatoms. The van der Waals surface area contributed by atoms with E-state index in [2.05, 4.69) is 77.8 Å². The molecule has 1 heterocycles. The Morgan fingerprint density at radius 3 is 0.977 bits per heavy atom. The van der Waals surface area contributed by atoms with Crippen LogP contribution in [0.3, 0.4) is 0 Å². The third-order valence-electron chi connectivity index (χ3n) is 7.48. The van der Waals surface area contributed by atoms with Gasteiger partial charge in [-0.25, -0.2) is 23.7 Å². The number of rotatable bonds is 6. The second kappa shape index (κ2) is 11.8. The zero-order chi connectivity index (χ0) is 29.9. The monoisotopic (exact) mass is 573 g/mol. The lowest BCUT2D eigenvalue weighted by atomic mass is 9.96. The van der Waals surface area contributed by atoms with Gasteiger partial charge in [0.2, 0.25) is 0 Å². The van der Waals surface area contributed by atoms with Crippen molar-refractivity contribution in [2.75, 3.05) is 0 Å². The number of hydrogen-bond donors (Lipinski definition) is 0. The van der Waals surface area contributed by atoms with Crippen molar-refractivity contribution in [3.05, 3.63) is 163 Å². The van der Waals surface area contributed by atoms with Gasteiger partial charge in [-0.15, -0.1) is 0 Å². The highest BCUT2D eigenvalue weighted by Gasteiger charge is 2.13. The Labute approximate surface area is 254 Å². The molecule has 0 bridgehead atoms. The summed E-state index contributed by atoms with van der Waals surface area (Å²) in [7, 11) is 0. The fourth-order valence-corrected chi connectivity index (χ4v) is 5.16. The maximum absolute atomic E-state index is 13.6. The predicted octanol–water partition coefficient (Wildman–Crippen LogP) is 10.2. The van der Waals surface area contributed by atoms with Crippen LogP contribution in [0.5, 0.6) is 0 Å². The number of nitrogens with zero attached hydrogens (tertiary/aromatic N) is 3. The van der Waals surface area contributed by atoms with Crippen molar-refractivity contribution in [2.24, 2.45) is 0 Å². The van der Waals surface area contributed by atoms with E-state index in [9.17, 15) is 8.78 Å². The molecular weight excluding hydrogens is 548 g/mol. The highest BCUT2D eigenvalue weighted by Crippen LogP contribution is 2.31. The van der Waals surface area contributed by atoms with Crippen molar-refractivity contribution in [1.29, 1.82) is 0 Å². The minimum atomic E-state index is -0.342. The largest absolute Gasteiger partial charge is 0.208 e. The van der Waals surface area contributed by atoms with Crippen LogP contribution in [0.1, 0.15) is 0 Å². The molecule has 0 aliphatic heterocycles. The van der Waals surface area contributed by atoms with Crippen LogP contribution in [-0.2, 0) is 0 Å². The molecule has 0 saturated carbocycles. The molecule has 210 valence electrons. The molecule has 3 nitrogen and oxygen atoms in total. The minimum Gasteiger partial charge on any atom is -0.208 e. The van der Waals surface area contributed by atoms with Gasteiger partial charge in [-0.2, -0.15) is 0 Å². The summed E-state index contributed by atoms with van der Waals surface area (Å²) >= 11 is 0. The van der Waals surface area contributed by atoms with Gasteiger partial charge in [0.1, 0.15) is 11.6 Å². The number of aromatic nitrogens is 3. The van der Waals surface area contributed by atoms with E-state index in [0.717, 1.165) is 27.8 Å². The highest BCUT2D eigenvalue weighted by molar-refractivity contribution is 5.78. The summed E-state index contributed by atoms with van der Waals surface area (Å²) in [6, 6.07) is 47.5. The Hall–Kier alpha value is -5.81. The molecule has 0 N–H and O–H groups in total. The molecule has 44 heavy (non-hydrogen) atoms. The molecule has 7 aromatic rings. The molecule has 6 aromatic carbocycles. The minimum absolute atomic E-state index is 0.342. The van der Waals surface area contributed by atoms with Crippen LogP contribution in [0.4, 0.5) is 8.78 Å². The first-order valence-electron chi connectivity index (χ1n) is 14.2. The topological polar surface area (TPSA) is 38.7 Å². The van der Waals surface area contributed by atoms with Crippen molar-refractivity contribution in [2.45, 2.75) is 0 Å². The molecule has 0 aliphatic rings. The van der Waals surface area contributed by atoms with Crippen LogP contribution in [0.15, 0.2) is 152 Å². The molecule has 7 rings (SSSR count). The van der Waals surface area contributed by atoms with E-state index >= 15 is 0 Å². The summed E-state index contributed by atoms with van der Waals surface area (Å²) < 4.78 is 27.3. The van der Waals surface area contributed by atoms with E-state index in [1.165, 1.54) is 35.4 Å². The van der Waals surface area contributed by atoms with Gasteiger partial charge < -0.3 is 0 Å². The van der Waals surface area contributed by atoms with Crippen LogP contribution in [0.2, 0.25) is 0 Å². The maximum atomic E-state index is 13.6. The number of benzene rings is 6. The summed E-state index contributed by atoms with van der Waals surface area (Å²) in [5, 5.41) is 0. The highest BCUT2D eigenvalue weighted by atomic mass is 19.1. The third-order valence-corrected chi connectivity index (χ3v) is 7.48. The van der Waals surface area contributed by atoms with E-state index < -0.39 is 0 Å². The first-order valence-corrected chi connectivity index (χ1v) is 14.2. The van der Waals surface area contributed by atoms with E-state index in [0.29, 0.717) is 28.6 Å². The molecule has 0 atom stereocenters. The summed E-state index contributed by atoms with van der Waals surface area (Å²) in [5.74, 6) is 0.597. The predicted molar refractivity (Wildman–Crippen MR) is 172 cm³/mol. The Morgan fingerprint density at radius 2 is 0.568 bits per heavy atom. The Morgan fingerprint density at radius 1 is 0.273 bits per heavy atom. The van der Waals surface area contributed by atoms with Gasteiger partial charge in [0.25, 0.3) is 0 Å². The molecule has 0 spiro atoms. The van der Waals surface area contributed by atoms with Crippen molar-refractivity contribution in [1.82, 2.24) is 15.0 Å². The Balaban J connectivity index is 1.22. The average molecular weight is 574 g/mol. The van der Waals surface area contributed by atoms with Gasteiger partial charge >= 0.3 is 0 Å². The van der Waals surface area contributed by atoms with E-state index in [-0.39, 0.29) is 11.6 Å². The van der Waals surface area contributed by atoms with Gasteiger partial charge in [-0.3, -0.25) is 0 Å². The molecule has 0 aliphatic carbocycles. The molecule has 0 saturated heterocycles.